The molecule has 0 saturated carbocycles. The van der Waals surface area contributed by atoms with Crippen LogP contribution in [0.1, 0.15) is 16.8 Å². The van der Waals surface area contributed by atoms with Gasteiger partial charge in [0.25, 0.3) is 5.91 Å². The maximum atomic E-state index is 12.6. The number of ether oxygens (including phenoxy) is 1. The van der Waals surface area contributed by atoms with Crippen molar-refractivity contribution in [1.82, 2.24) is 4.90 Å². The number of nitrogens with zero attached hydrogens (tertiary/aromatic N) is 1. The lowest BCUT2D eigenvalue weighted by molar-refractivity contribution is 0.0772. The number of aromatic hydroxyl groups is 1. The van der Waals surface area contributed by atoms with Crippen LogP contribution < -0.4 is 0 Å². The zero-order valence-corrected chi connectivity index (χ0v) is 12.1. The number of hydrogen-bond donors (Lipinski definition) is 1. The molecule has 1 unspecified atom stereocenters. The Morgan fingerprint density at radius 3 is 2.76 bits per heavy atom. The number of likely N-dealkylation sites (tertiary alicyclic amines) is 1. The lowest BCUT2D eigenvalue weighted by atomic mass is 10.0. The molecule has 21 heavy (non-hydrogen) atoms. The van der Waals surface area contributed by atoms with Gasteiger partial charge in [0.1, 0.15) is 5.75 Å². The summed E-state index contributed by atoms with van der Waals surface area (Å²) < 4.78 is 5.15. The van der Waals surface area contributed by atoms with E-state index in [9.17, 15) is 9.90 Å². The Morgan fingerprint density at radius 1 is 1.33 bits per heavy atom. The predicted molar refractivity (Wildman–Crippen MR) is 81.5 cm³/mol. The third-order valence-corrected chi connectivity index (χ3v) is 4.07. The van der Waals surface area contributed by atoms with Gasteiger partial charge in [-0.15, -0.1) is 0 Å². The molecule has 2 aromatic carbocycles. The van der Waals surface area contributed by atoms with E-state index in [4.69, 9.17) is 4.74 Å². The molecule has 1 aliphatic rings. The van der Waals surface area contributed by atoms with Gasteiger partial charge in [-0.3, -0.25) is 4.79 Å². The van der Waals surface area contributed by atoms with E-state index in [1.54, 1.807) is 24.1 Å². The summed E-state index contributed by atoms with van der Waals surface area (Å²) >= 11 is 0. The number of benzene rings is 2. The van der Waals surface area contributed by atoms with Gasteiger partial charge >= 0.3 is 0 Å². The maximum absolute atomic E-state index is 12.6. The first-order valence-corrected chi connectivity index (χ1v) is 7.19. The number of rotatable bonds is 3. The molecule has 0 spiro atoms. The Morgan fingerprint density at radius 2 is 2.05 bits per heavy atom. The van der Waals surface area contributed by atoms with Crippen LogP contribution in [-0.2, 0) is 4.74 Å². The lowest BCUT2D eigenvalue weighted by Gasteiger charge is -2.17. The molecule has 1 atom stereocenters. The van der Waals surface area contributed by atoms with Gasteiger partial charge in [-0.05, 0) is 29.3 Å². The molecule has 2 aromatic rings. The van der Waals surface area contributed by atoms with E-state index in [0.29, 0.717) is 24.6 Å². The van der Waals surface area contributed by atoms with Crippen LogP contribution in [0.4, 0.5) is 0 Å². The minimum Gasteiger partial charge on any atom is -0.507 e. The zero-order valence-electron chi connectivity index (χ0n) is 12.1. The second-order valence-corrected chi connectivity index (χ2v) is 5.58. The summed E-state index contributed by atoms with van der Waals surface area (Å²) in [4.78, 5) is 14.4. The Hall–Kier alpha value is -2.07. The number of methoxy groups -OCH3 is 1. The molecule has 0 radical (unpaired) electrons. The molecular weight excluding hydrogens is 266 g/mol. The molecule has 4 nitrogen and oxygen atoms in total. The van der Waals surface area contributed by atoms with E-state index in [1.807, 2.05) is 24.3 Å². The summed E-state index contributed by atoms with van der Waals surface area (Å²) in [7, 11) is 1.68. The maximum Gasteiger partial charge on any atom is 0.257 e. The number of carbonyl (C=O) groups is 1. The first-order valence-electron chi connectivity index (χ1n) is 7.19. The molecule has 0 aromatic heterocycles. The van der Waals surface area contributed by atoms with Gasteiger partial charge in [0, 0.05) is 26.1 Å². The predicted octanol–water partition coefficient (Wildman–Crippen LogP) is 2.65. The number of hydrogen-bond acceptors (Lipinski definition) is 3. The van der Waals surface area contributed by atoms with Crippen molar-refractivity contribution < 1.29 is 14.6 Å². The summed E-state index contributed by atoms with van der Waals surface area (Å²) in [6.45, 7) is 2.09. The summed E-state index contributed by atoms with van der Waals surface area (Å²) in [5, 5.41) is 12.0. The molecule has 4 heteroatoms. The van der Waals surface area contributed by atoms with Gasteiger partial charge < -0.3 is 14.7 Å². The fourth-order valence-corrected chi connectivity index (χ4v) is 2.96. The molecular formula is C17H19NO3. The standard InChI is InChI=1S/C17H19NO3/c1-21-11-12-6-7-18(10-12)17(20)15-8-13-4-2-3-5-14(13)9-16(15)19/h2-5,8-9,12,19H,6-7,10-11H2,1H3. The van der Waals surface area contributed by atoms with Crippen molar-refractivity contribution in [2.24, 2.45) is 5.92 Å². The molecule has 0 aliphatic carbocycles. The first kappa shape index (κ1) is 13.9. The minimum atomic E-state index is -0.100. The van der Waals surface area contributed by atoms with Gasteiger partial charge in [0.15, 0.2) is 0 Å². The van der Waals surface area contributed by atoms with Crippen LogP contribution in [0.15, 0.2) is 36.4 Å². The fraction of sp³-hybridized carbons (Fsp3) is 0.353. The summed E-state index contributed by atoms with van der Waals surface area (Å²) in [5.41, 5.74) is 0.381. The summed E-state index contributed by atoms with van der Waals surface area (Å²) in [6.07, 6.45) is 0.952. The average molecular weight is 285 g/mol. The fourth-order valence-electron chi connectivity index (χ4n) is 2.96. The van der Waals surface area contributed by atoms with Crippen LogP contribution in [0.5, 0.6) is 5.75 Å². The van der Waals surface area contributed by atoms with Crippen molar-refractivity contribution in [1.29, 1.82) is 0 Å². The largest absolute Gasteiger partial charge is 0.507 e. The molecule has 1 heterocycles. The molecule has 1 amide bonds. The van der Waals surface area contributed by atoms with Gasteiger partial charge in [-0.1, -0.05) is 24.3 Å². The van der Waals surface area contributed by atoms with E-state index in [2.05, 4.69) is 0 Å². The molecule has 110 valence electrons. The van der Waals surface area contributed by atoms with Gasteiger partial charge in [0.2, 0.25) is 0 Å². The normalized spacial score (nSPS) is 18.3. The van der Waals surface area contributed by atoms with Crippen LogP contribution in [0.25, 0.3) is 10.8 Å². The molecule has 1 aliphatic heterocycles. The third kappa shape index (κ3) is 2.72. The number of phenols is 1. The van der Waals surface area contributed by atoms with Crippen LogP contribution in [-0.4, -0.2) is 42.7 Å². The second kappa shape index (κ2) is 5.74. The highest BCUT2D eigenvalue weighted by Crippen LogP contribution is 2.28. The first-order chi connectivity index (χ1) is 10.2. The van der Waals surface area contributed by atoms with Crippen molar-refractivity contribution in [2.45, 2.75) is 6.42 Å². The van der Waals surface area contributed by atoms with Gasteiger partial charge in [-0.2, -0.15) is 0 Å². The Balaban J connectivity index is 1.86. The van der Waals surface area contributed by atoms with Gasteiger partial charge in [0.05, 0.1) is 12.2 Å². The average Bonchev–Trinajstić information content (AvgIpc) is 2.95. The number of fused-ring (bicyclic) bond motifs is 1. The van der Waals surface area contributed by atoms with E-state index in [-0.39, 0.29) is 11.7 Å². The molecule has 1 fully saturated rings. The van der Waals surface area contributed by atoms with Gasteiger partial charge in [-0.25, -0.2) is 0 Å². The summed E-state index contributed by atoms with van der Waals surface area (Å²) in [5.74, 6) is 0.340. The monoisotopic (exact) mass is 285 g/mol. The Labute approximate surface area is 123 Å². The summed E-state index contributed by atoms with van der Waals surface area (Å²) in [6, 6.07) is 11.1. The van der Waals surface area contributed by atoms with Crippen LogP contribution in [0.3, 0.4) is 0 Å². The zero-order chi connectivity index (χ0) is 14.8. The van der Waals surface area contributed by atoms with E-state index in [1.165, 1.54) is 0 Å². The number of carbonyl (C=O) groups excluding carboxylic acids is 1. The second-order valence-electron chi connectivity index (χ2n) is 5.58. The van der Waals surface area contributed by atoms with Crippen LogP contribution >= 0.6 is 0 Å². The third-order valence-electron chi connectivity index (χ3n) is 4.07. The highest BCUT2D eigenvalue weighted by molar-refractivity contribution is 6.01. The minimum absolute atomic E-state index is 0.0499. The molecule has 0 bridgehead atoms. The molecule has 1 N–H and O–H groups in total. The van der Waals surface area contributed by atoms with Crippen molar-refractivity contribution in [3.05, 3.63) is 42.0 Å². The quantitative estimate of drug-likeness (QED) is 0.943. The van der Waals surface area contributed by atoms with Crippen LogP contribution in [0, 0.1) is 5.92 Å². The van der Waals surface area contributed by atoms with E-state index in [0.717, 1.165) is 23.7 Å². The highest BCUT2D eigenvalue weighted by Gasteiger charge is 2.28. The van der Waals surface area contributed by atoms with Crippen molar-refractivity contribution in [3.63, 3.8) is 0 Å². The van der Waals surface area contributed by atoms with Crippen molar-refractivity contribution in [3.8, 4) is 5.75 Å². The Bertz CT molecular complexity index is 668. The highest BCUT2D eigenvalue weighted by atomic mass is 16.5. The van der Waals surface area contributed by atoms with Crippen molar-refractivity contribution in [2.75, 3.05) is 26.8 Å². The van der Waals surface area contributed by atoms with E-state index < -0.39 is 0 Å². The SMILES string of the molecule is COCC1CCN(C(=O)c2cc3ccccc3cc2O)C1. The molecule has 3 rings (SSSR count). The topological polar surface area (TPSA) is 49.8 Å². The van der Waals surface area contributed by atoms with Crippen molar-refractivity contribution >= 4 is 16.7 Å². The van der Waals surface area contributed by atoms with Crippen LogP contribution in [0.2, 0.25) is 0 Å². The number of amides is 1. The molecule has 1 saturated heterocycles. The number of phenolic OH excluding ortho intramolecular Hbond substituents is 1. The lowest BCUT2D eigenvalue weighted by Crippen LogP contribution is -2.29. The smallest absolute Gasteiger partial charge is 0.257 e. The Kier molecular flexibility index (Phi) is 3.80. The van der Waals surface area contributed by atoms with E-state index >= 15 is 0 Å².